The van der Waals surface area contributed by atoms with Gasteiger partial charge in [0, 0.05) is 48.2 Å². The first-order valence-electron chi connectivity index (χ1n) is 11.3. The van der Waals surface area contributed by atoms with Crippen LogP contribution in [-0.4, -0.2) is 38.5 Å². The van der Waals surface area contributed by atoms with Crippen LogP contribution >= 0.6 is 0 Å². The van der Waals surface area contributed by atoms with Crippen LogP contribution in [0.15, 0.2) is 78.2 Å². The Morgan fingerprint density at radius 3 is 2.42 bits per heavy atom. The molecule has 0 saturated carbocycles. The van der Waals surface area contributed by atoms with E-state index in [0.29, 0.717) is 11.3 Å². The Kier molecular flexibility index (Phi) is 6.62. The summed E-state index contributed by atoms with van der Waals surface area (Å²) in [6, 6.07) is 11.5. The summed E-state index contributed by atoms with van der Waals surface area (Å²) in [5, 5.41) is 11.4. The molecule has 0 aliphatic carbocycles. The molecule has 188 valence electrons. The quantitative estimate of drug-likeness (QED) is 0.383. The fourth-order valence-electron chi connectivity index (χ4n) is 4.60. The molecular weight excluding hydrogens is 471 g/mol. The van der Waals surface area contributed by atoms with Gasteiger partial charge in [-0.2, -0.15) is 13.2 Å². The highest BCUT2D eigenvalue weighted by molar-refractivity contribution is 5.77. The third kappa shape index (κ3) is 4.83. The number of hydrogen-bond acceptors (Lipinski definition) is 5. The summed E-state index contributed by atoms with van der Waals surface area (Å²) < 4.78 is 50.1. The summed E-state index contributed by atoms with van der Waals surface area (Å²) >= 11 is 0. The molecule has 36 heavy (non-hydrogen) atoms. The van der Waals surface area contributed by atoms with Gasteiger partial charge in [0.1, 0.15) is 5.75 Å². The van der Waals surface area contributed by atoms with E-state index in [1.165, 1.54) is 42.4 Å². The summed E-state index contributed by atoms with van der Waals surface area (Å²) in [5.41, 5.74) is -2.29. The molecule has 9 heteroatoms. The lowest BCUT2D eigenvalue weighted by atomic mass is 9.73. The second kappa shape index (κ2) is 9.39. The molecule has 0 amide bonds. The van der Waals surface area contributed by atoms with Gasteiger partial charge in [0.15, 0.2) is 11.0 Å². The van der Waals surface area contributed by atoms with E-state index in [-0.39, 0.29) is 16.3 Å². The van der Waals surface area contributed by atoms with Crippen LogP contribution in [0.1, 0.15) is 25.8 Å². The van der Waals surface area contributed by atoms with Gasteiger partial charge in [-0.15, -0.1) is 0 Å². The van der Waals surface area contributed by atoms with Gasteiger partial charge in [-0.25, -0.2) is 0 Å². The average Bonchev–Trinajstić information content (AvgIpc) is 2.85. The molecular formula is C27H26F3N3O3. The zero-order chi connectivity index (χ0) is 26.1. The fraction of sp³-hybridized carbons (Fsp3) is 0.296. The molecule has 0 spiro atoms. The Morgan fingerprint density at radius 2 is 1.75 bits per heavy atom. The van der Waals surface area contributed by atoms with Crippen LogP contribution in [0.2, 0.25) is 0 Å². The minimum absolute atomic E-state index is 0.176. The number of rotatable bonds is 7. The Labute approximate surface area is 206 Å². The number of benzene rings is 1. The molecule has 0 aliphatic heterocycles. The van der Waals surface area contributed by atoms with E-state index in [2.05, 4.69) is 9.97 Å². The van der Waals surface area contributed by atoms with Crippen LogP contribution in [0.5, 0.6) is 5.75 Å². The lowest BCUT2D eigenvalue weighted by Crippen LogP contribution is -2.52. The molecule has 0 fully saturated rings. The van der Waals surface area contributed by atoms with E-state index in [4.69, 9.17) is 4.74 Å². The lowest BCUT2D eigenvalue weighted by Gasteiger charge is -2.39. The van der Waals surface area contributed by atoms with Crippen molar-refractivity contribution in [2.75, 3.05) is 7.11 Å². The molecule has 0 radical (unpaired) electrons. The van der Waals surface area contributed by atoms with Crippen LogP contribution in [0.25, 0.3) is 22.0 Å². The van der Waals surface area contributed by atoms with Crippen LogP contribution in [0, 0.1) is 0 Å². The van der Waals surface area contributed by atoms with Gasteiger partial charge < -0.3 is 14.4 Å². The SMILES string of the molecule is COc1ccc(-c2cccnc2)cc1C(C)(C)CC(O)(Cn1ccc(=O)c2cnccc21)C(F)(F)F. The van der Waals surface area contributed by atoms with Gasteiger partial charge in [-0.1, -0.05) is 26.0 Å². The number of aromatic nitrogens is 3. The number of fused-ring (bicyclic) bond motifs is 1. The van der Waals surface area contributed by atoms with Crippen LogP contribution in [-0.2, 0) is 12.0 Å². The number of hydrogen-bond donors (Lipinski definition) is 1. The molecule has 3 aromatic heterocycles. The number of nitrogens with zero attached hydrogens (tertiary/aromatic N) is 3. The number of pyridine rings is 3. The zero-order valence-corrected chi connectivity index (χ0v) is 20.1. The second-order valence-electron chi connectivity index (χ2n) is 9.45. The van der Waals surface area contributed by atoms with Crippen molar-refractivity contribution in [3.05, 3.63) is 89.2 Å². The van der Waals surface area contributed by atoms with Crippen molar-refractivity contribution in [1.82, 2.24) is 14.5 Å². The largest absolute Gasteiger partial charge is 0.496 e. The van der Waals surface area contributed by atoms with Gasteiger partial charge in [0.25, 0.3) is 0 Å². The van der Waals surface area contributed by atoms with Crippen molar-refractivity contribution in [2.45, 2.75) is 44.0 Å². The van der Waals surface area contributed by atoms with Crippen LogP contribution in [0.3, 0.4) is 0 Å². The van der Waals surface area contributed by atoms with Crippen molar-refractivity contribution in [1.29, 1.82) is 0 Å². The van der Waals surface area contributed by atoms with Crippen LogP contribution < -0.4 is 10.2 Å². The van der Waals surface area contributed by atoms with E-state index in [0.717, 1.165) is 11.1 Å². The maximum Gasteiger partial charge on any atom is 0.418 e. The maximum atomic E-state index is 14.5. The summed E-state index contributed by atoms with van der Waals surface area (Å²) in [5.74, 6) is 0.414. The molecule has 1 N–H and O–H groups in total. The zero-order valence-electron chi connectivity index (χ0n) is 20.1. The van der Waals surface area contributed by atoms with Crippen molar-refractivity contribution in [3.8, 4) is 16.9 Å². The fourth-order valence-corrected chi connectivity index (χ4v) is 4.60. The van der Waals surface area contributed by atoms with Crippen molar-refractivity contribution >= 4 is 10.9 Å². The number of halogens is 3. The first-order chi connectivity index (χ1) is 16.9. The van der Waals surface area contributed by atoms with Crippen molar-refractivity contribution < 1.29 is 23.0 Å². The highest BCUT2D eigenvalue weighted by Gasteiger charge is 2.56. The molecule has 1 atom stereocenters. The lowest BCUT2D eigenvalue weighted by molar-refractivity contribution is -0.271. The number of ether oxygens (including phenoxy) is 1. The molecule has 1 unspecified atom stereocenters. The highest BCUT2D eigenvalue weighted by Crippen LogP contribution is 2.45. The molecule has 6 nitrogen and oxygen atoms in total. The van der Waals surface area contributed by atoms with E-state index in [9.17, 15) is 23.1 Å². The Hall–Kier alpha value is -3.72. The third-order valence-electron chi connectivity index (χ3n) is 6.40. The summed E-state index contributed by atoms with van der Waals surface area (Å²) in [4.78, 5) is 20.2. The van der Waals surface area contributed by atoms with E-state index in [1.54, 1.807) is 44.4 Å². The average molecular weight is 498 g/mol. The third-order valence-corrected chi connectivity index (χ3v) is 6.40. The molecule has 4 rings (SSSR count). The number of alkyl halides is 3. The molecule has 0 aliphatic rings. The molecule has 4 aromatic rings. The first kappa shape index (κ1) is 25.4. The van der Waals surface area contributed by atoms with Gasteiger partial charge >= 0.3 is 6.18 Å². The molecule has 0 saturated heterocycles. The standard InChI is InChI=1S/C27H26F3N3O3/c1-25(2,21-13-18(6-7-24(21)36-3)19-5-4-10-31-14-19)16-26(35,27(28,29)30)17-33-12-9-23(34)20-15-32-11-8-22(20)33/h4-15,35H,16-17H2,1-3H3. The van der Waals surface area contributed by atoms with E-state index >= 15 is 0 Å². The van der Waals surface area contributed by atoms with Gasteiger partial charge in [-0.3, -0.25) is 14.8 Å². The Morgan fingerprint density at radius 1 is 1.00 bits per heavy atom. The summed E-state index contributed by atoms with van der Waals surface area (Å²) in [6.07, 6.45) is 1.65. The van der Waals surface area contributed by atoms with Crippen molar-refractivity contribution in [2.24, 2.45) is 0 Å². The van der Waals surface area contributed by atoms with Gasteiger partial charge in [-0.05, 0) is 41.7 Å². The Balaban J connectivity index is 1.78. The van der Waals surface area contributed by atoms with Gasteiger partial charge in [0.2, 0.25) is 0 Å². The monoisotopic (exact) mass is 497 g/mol. The summed E-state index contributed by atoms with van der Waals surface area (Å²) in [6.45, 7) is 2.48. The maximum absolute atomic E-state index is 14.5. The predicted octanol–water partition coefficient (Wildman–Crippen LogP) is 5.13. The first-order valence-corrected chi connectivity index (χ1v) is 11.3. The molecule has 3 heterocycles. The number of methoxy groups -OCH3 is 1. The number of aliphatic hydroxyl groups is 1. The predicted molar refractivity (Wildman–Crippen MR) is 131 cm³/mol. The van der Waals surface area contributed by atoms with E-state index in [1.807, 2.05) is 12.1 Å². The van der Waals surface area contributed by atoms with Gasteiger partial charge in [0.05, 0.1) is 24.6 Å². The normalized spacial score (nSPS) is 14.0. The second-order valence-corrected chi connectivity index (χ2v) is 9.45. The minimum atomic E-state index is -4.96. The topological polar surface area (TPSA) is 77.2 Å². The smallest absolute Gasteiger partial charge is 0.418 e. The Bertz CT molecular complexity index is 1440. The van der Waals surface area contributed by atoms with E-state index < -0.39 is 30.2 Å². The minimum Gasteiger partial charge on any atom is -0.496 e. The molecule has 0 bridgehead atoms. The molecule has 1 aromatic carbocycles. The van der Waals surface area contributed by atoms with Crippen molar-refractivity contribution in [3.63, 3.8) is 0 Å². The summed E-state index contributed by atoms with van der Waals surface area (Å²) in [7, 11) is 1.45. The highest BCUT2D eigenvalue weighted by atomic mass is 19.4. The van der Waals surface area contributed by atoms with Crippen LogP contribution in [0.4, 0.5) is 13.2 Å².